The molecule has 0 aromatic heterocycles. The van der Waals surface area contributed by atoms with E-state index in [9.17, 15) is 30.0 Å². The Hall–Kier alpha value is -1.54. The molecule has 0 saturated heterocycles. The van der Waals surface area contributed by atoms with E-state index in [0.29, 0.717) is 18.4 Å². The molecule has 0 aromatic carbocycles. The number of ketones is 1. The molecule has 0 heterocycles. The van der Waals surface area contributed by atoms with Crippen LogP contribution in [0.25, 0.3) is 0 Å². The van der Waals surface area contributed by atoms with Crippen molar-refractivity contribution < 1.29 is 34.8 Å². The molecule has 4 rings (SSSR count). The Balaban J connectivity index is 1.40. The molecule has 0 bridgehead atoms. The van der Waals surface area contributed by atoms with Crippen LogP contribution in [0.15, 0.2) is 23.3 Å². The number of Topliss-reactive ketones (excluding diaryl/α,β-unsaturated/α-hetero) is 1. The number of ether oxygens (including phenoxy) is 1. The van der Waals surface area contributed by atoms with Gasteiger partial charge in [-0.15, -0.1) is 0 Å². The van der Waals surface area contributed by atoms with E-state index in [1.807, 2.05) is 20.8 Å². The van der Waals surface area contributed by atoms with Crippen molar-refractivity contribution in [1.29, 1.82) is 0 Å². The van der Waals surface area contributed by atoms with E-state index < -0.39 is 58.5 Å². The maximum atomic E-state index is 13.1. The molecule has 0 radical (unpaired) electrons. The van der Waals surface area contributed by atoms with E-state index in [1.54, 1.807) is 19.1 Å². The number of hydrogen-bond acceptors (Lipinski definition) is 7. The summed E-state index contributed by atoms with van der Waals surface area (Å²) in [4.78, 5) is 26.2. The minimum Gasteiger partial charge on any atom is -0.458 e. The maximum absolute atomic E-state index is 13.1. The molecule has 0 spiro atoms. The second kappa shape index (κ2) is 12.2. The van der Waals surface area contributed by atoms with Gasteiger partial charge in [0.25, 0.3) is 0 Å². The van der Waals surface area contributed by atoms with Crippen molar-refractivity contribution in [3.05, 3.63) is 23.3 Å². The molecule has 232 valence electrons. The van der Waals surface area contributed by atoms with Crippen molar-refractivity contribution in [2.45, 2.75) is 141 Å². The average molecular weight is 575 g/mol. The molecule has 41 heavy (non-hydrogen) atoms. The van der Waals surface area contributed by atoms with Crippen LogP contribution in [0, 0.1) is 29.1 Å². The summed E-state index contributed by atoms with van der Waals surface area (Å²) < 4.78 is 6.29. The minimum atomic E-state index is -2.25. The fraction of sp³-hybridized carbons (Fsp3) is 0.824. The molecular weight excluding hydrogens is 520 g/mol. The Morgan fingerprint density at radius 1 is 0.976 bits per heavy atom. The highest BCUT2D eigenvalue weighted by Crippen LogP contribution is 2.76. The third-order valence-electron chi connectivity index (χ3n) is 11.3. The van der Waals surface area contributed by atoms with E-state index in [1.165, 1.54) is 51.4 Å². The van der Waals surface area contributed by atoms with Gasteiger partial charge in [0.15, 0.2) is 11.4 Å². The van der Waals surface area contributed by atoms with Crippen molar-refractivity contribution >= 4 is 11.8 Å². The lowest BCUT2D eigenvalue weighted by atomic mass is 9.59. The summed E-state index contributed by atoms with van der Waals surface area (Å²) >= 11 is 0. The van der Waals surface area contributed by atoms with Gasteiger partial charge in [0.1, 0.15) is 11.7 Å². The number of hydrogen-bond donors (Lipinski definition) is 4. The average Bonchev–Trinajstić information content (AvgIpc) is 3.30. The van der Waals surface area contributed by atoms with Crippen molar-refractivity contribution in [3.8, 4) is 0 Å². The molecule has 0 unspecified atom stereocenters. The Morgan fingerprint density at radius 2 is 1.54 bits per heavy atom. The van der Waals surface area contributed by atoms with E-state index in [4.69, 9.17) is 4.74 Å². The van der Waals surface area contributed by atoms with Gasteiger partial charge in [0.2, 0.25) is 0 Å². The van der Waals surface area contributed by atoms with Crippen LogP contribution in [0.5, 0.6) is 0 Å². The van der Waals surface area contributed by atoms with E-state index in [-0.39, 0.29) is 17.5 Å². The maximum Gasteiger partial charge on any atom is 0.306 e. The van der Waals surface area contributed by atoms with Crippen LogP contribution in [0.1, 0.15) is 118 Å². The van der Waals surface area contributed by atoms with Gasteiger partial charge in [-0.05, 0) is 36.8 Å². The van der Waals surface area contributed by atoms with Gasteiger partial charge in [-0.2, -0.15) is 0 Å². The first-order valence-corrected chi connectivity index (χ1v) is 16.2. The van der Waals surface area contributed by atoms with Crippen LogP contribution in [0.4, 0.5) is 0 Å². The van der Waals surface area contributed by atoms with Crippen LogP contribution in [-0.4, -0.2) is 61.7 Å². The van der Waals surface area contributed by atoms with Crippen LogP contribution in [-0.2, 0) is 14.3 Å². The van der Waals surface area contributed by atoms with E-state index in [2.05, 4.69) is 6.92 Å². The first-order chi connectivity index (χ1) is 19.3. The lowest BCUT2D eigenvalue weighted by Gasteiger charge is -2.50. The molecule has 0 aromatic rings. The third kappa shape index (κ3) is 5.27. The van der Waals surface area contributed by atoms with E-state index in [0.717, 1.165) is 19.3 Å². The van der Waals surface area contributed by atoms with Crippen molar-refractivity contribution in [2.24, 2.45) is 29.1 Å². The summed E-state index contributed by atoms with van der Waals surface area (Å²) in [7, 11) is 0. The quantitative estimate of drug-likeness (QED) is 0.128. The molecule has 7 heteroatoms. The van der Waals surface area contributed by atoms with Crippen LogP contribution >= 0.6 is 0 Å². The van der Waals surface area contributed by atoms with Crippen LogP contribution < -0.4 is 0 Å². The topological polar surface area (TPSA) is 124 Å². The molecular formula is C34H54O7. The number of esters is 1. The number of unbranched alkanes of at least 4 members (excludes halogenated alkanes) is 10. The first kappa shape index (κ1) is 32.4. The number of carbonyl (C=O) groups excluding carboxylic acids is 2. The number of aliphatic hydroxyl groups is 4. The largest absolute Gasteiger partial charge is 0.458 e. The SMILES string of the molecule is CCCCCCCCCCCCCC(=O)O[C@@]12C[C@@H](C)[C@]3(O)[C@@H]4C=C(C)C(=O)[C@@]4(O)[C@H](O)C(CO)=C[C@H]3[C@@H]1C2(C)C. The highest BCUT2D eigenvalue weighted by Gasteiger charge is 2.83. The molecule has 0 aliphatic heterocycles. The highest BCUT2D eigenvalue weighted by atomic mass is 16.6. The predicted octanol–water partition coefficient (Wildman–Crippen LogP) is 5.18. The minimum absolute atomic E-state index is 0.118. The lowest BCUT2D eigenvalue weighted by Crippen LogP contribution is -2.64. The zero-order valence-electron chi connectivity index (χ0n) is 26.0. The molecule has 0 amide bonds. The number of aliphatic hydroxyl groups excluding tert-OH is 2. The van der Waals surface area contributed by atoms with Gasteiger partial charge < -0.3 is 25.2 Å². The van der Waals surface area contributed by atoms with E-state index >= 15 is 0 Å². The van der Waals surface area contributed by atoms with Gasteiger partial charge in [-0.3, -0.25) is 9.59 Å². The Kier molecular flexibility index (Phi) is 9.65. The van der Waals surface area contributed by atoms with Gasteiger partial charge in [-0.1, -0.05) is 104 Å². The van der Waals surface area contributed by atoms with Gasteiger partial charge >= 0.3 is 5.97 Å². The molecule has 7 nitrogen and oxygen atoms in total. The standard InChI is InChI=1S/C34H54O7/c1-6-7-8-9-10-11-12-13-14-15-16-17-27(36)41-32-20-23(3)33(39)25(28(32)31(32,4)5)19-24(21-35)30(38)34(40)26(33)18-22(2)29(34)37/h18-19,23,25-26,28,30,35,38-40H,6-17,20-21H2,1-5H3/t23-,25+,26+,28-,30-,32+,33-,34-/m1/s1. The molecule has 8 atom stereocenters. The fourth-order valence-corrected chi connectivity index (χ4v) is 8.80. The Morgan fingerprint density at radius 3 is 2.10 bits per heavy atom. The van der Waals surface area contributed by atoms with Gasteiger partial charge in [-0.25, -0.2) is 0 Å². The number of rotatable bonds is 14. The number of fused-ring (bicyclic) bond motifs is 5. The van der Waals surface area contributed by atoms with Gasteiger partial charge in [0.05, 0.1) is 12.2 Å². The van der Waals surface area contributed by atoms with Crippen molar-refractivity contribution in [2.75, 3.05) is 6.61 Å². The Labute approximate surface area is 246 Å². The van der Waals surface area contributed by atoms with Crippen LogP contribution in [0.2, 0.25) is 0 Å². The fourth-order valence-electron chi connectivity index (χ4n) is 8.80. The van der Waals surface area contributed by atoms with Crippen molar-refractivity contribution in [1.82, 2.24) is 0 Å². The second-order valence-corrected chi connectivity index (χ2v) is 14.2. The summed E-state index contributed by atoms with van der Waals surface area (Å²) in [6.45, 7) is 9.20. The van der Waals surface area contributed by atoms with Crippen LogP contribution in [0.3, 0.4) is 0 Å². The van der Waals surface area contributed by atoms with Gasteiger partial charge in [0, 0.05) is 29.6 Å². The summed E-state index contributed by atoms with van der Waals surface area (Å²) in [6, 6.07) is 0. The summed E-state index contributed by atoms with van der Waals surface area (Å²) in [5.41, 5.74) is -4.65. The Bertz CT molecular complexity index is 1050. The molecule has 4 aliphatic rings. The monoisotopic (exact) mass is 574 g/mol. The molecule has 2 saturated carbocycles. The summed E-state index contributed by atoms with van der Waals surface area (Å²) in [5, 5.41) is 45.4. The molecule has 4 aliphatic carbocycles. The molecule has 2 fully saturated rings. The lowest BCUT2D eigenvalue weighted by molar-refractivity contribution is -0.197. The summed E-state index contributed by atoms with van der Waals surface area (Å²) in [5.74, 6) is -3.24. The third-order valence-corrected chi connectivity index (χ3v) is 11.3. The second-order valence-electron chi connectivity index (χ2n) is 14.2. The summed E-state index contributed by atoms with van der Waals surface area (Å²) in [6.07, 6.45) is 15.6. The first-order valence-electron chi connectivity index (χ1n) is 16.2. The molecule has 4 N–H and O–H groups in total. The van der Waals surface area contributed by atoms with Crippen molar-refractivity contribution in [3.63, 3.8) is 0 Å². The normalized spacial score (nSPS) is 38.8. The highest BCUT2D eigenvalue weighted by molar-refractivity contribution is 6.05. The zero-order chi connectivity index (χ0) is 30.2. The predicted molar refractivity (Wildman–Crippen MR) is 158 cm³/mol. The number of carbonyl (C=O) groups is 2. The smallest absolute Gasteiger partial charge is 0.306 e. The zero-order valence-corrected chi connectivity index (χ0v) is 26.0.